The van der Waals surface area contributed by atoms with Gasteiger partial charge in [0.25, 0.3) is 0 Å². The van der Waals surface area contributed by atoms with E-state index in [1.165, 1.54) is 193 Å². The molecule has 0 aromatic rings. The van der Waals surface area contributed by atoms with Crippen molar-refractivity contribution in [2.45, 2.75) is 309 Å². The molecule has 0 fully saturated rings. The lowest BCUT2D eigenvalue weighted by Crippen LogP contribution is -2.30. The minimum atomic E-state index is -0.790. The van der Waals surface area contributed by atoms with Crippen LogP contribution in [-0.4, -0.2) is 37.2 Å². The van der Waals surface area contributed by atoms with Gasteiger partial charge in [-0.2, -0.15) is 0 Å². The molecule has 0 saturated heterocycles. The normalized spacial score (nSPS) is 12.3. The second-order valence-corrected chi connectivity index (χ2v) is 19.6. The lowest BCUT2D eigenvalue weighted by molar-refractivity contribution is -0.167. The van der Waals surface area contributed by atoms with E-state index in [1.807, 2.05) is 0 Å². The van der Waals surface area contributed by atoms with Gasteiger partial charge in [0.2, 0.25) is 0 Å². The topological polar surface area (TPSA) is 78.9 Å². The van der Waals surface area contributed by atoms with Crippen molar-refractivity contribution >= 4 is 17.9 Å². The van der Waals surface area contributed by atoms with Gasteiger partial charge in [-0.25, -0.2) is 0 Å². The average molecular weight is 940 g/mol. The standard InChI is InChI=1S/C61H110O6/c1-4-7-10-13-16-19-22-25-27-28-29-30-31-32-34-36-39-42-45-48-51-54-60(63)66-57-58(56-65-59(62)53-50-47-44-41-38-35-24-21-18-15-12-9-6-3)67-61(64)55-52-49-46-43-40-37-33-26-23-20-17-14-11-8-5-2/h17,20,25-27,33,40,43,58H,4-16,18-19,21-24,28-32,34-39,41-42,44-57H2,1-3H3/b20-17-,27-25-,33-26-,43-40-/t58-/m0/s1. The zero-order valence-electron chi connectivity index (χ0n) is 44.7. The molecule has 0 bridgehead atoms. The Kier molecular flexibility index (Phi) is 53.8. The average Bonchev–Trinajstić information content (AvgIpc) is 3.33. The summed E-state index contributed by atoms with van der Waals surface area (Å²) in [4.78, 5) is 38.1. The summed E-state index contributed by atoms with van der Waals surface area (Å²) >= 11 is 0. The molecule has 0 amide bonds. The third-order valence-electron chi connectivity index (χ3n) is 12.8. The first-order valence-electron chi connectivity index (χ1n) is 29.1. The Hall–Kier alpha value is -2.63. The number of rotatable bonds is 53. The van der Waals surface area contributed by atoms with E-state index in [2.05, 4.69) is 69.4 Å². The van der Waals surface area contributed by atoms with Gasteiger partial charge >= 0.3 is 17.9 Å². The van der Waals surface area contributed by atoms with Crippen molar-refractivity contribution in [2.75, 3.05) is 13.2 Å². The van der Waals surface area contributed by atoms with Crippen LogP contribution in [0.3, 0.4) is 0 Å². The molecule has 1 atom stereocenters. The van der Waals surface area contributed by atoms with Crippen molar-refractivity contribution in [3.63, 3.8) is 0 Å². The van der Waals surface area contributed by atoms with E-state index in [-0.39, 0.29) is 37.5 Å². The van der Waals surface area contributed by atoms with Gasteiger partial charge in [-0.3, -0.25) is 14.4 Å². The van der Waals surface area contributed by atoms with Crippen LogP contribution in [0.5, 0.6) is 0 Å². The molecule has 0 radical (unpaired) electrons. The summed E-state index contributed by atoms with van der Waals surface area (Å²) in [6, 6.07) is 0. The Morgan fingerprint density at radius 2 is 0.537 bits per heavy atom. The quantitative estimate of drug-likeness (QED) is 0.0262. The first-order valence-corrected chi connectivity index (χ1v) is 29.1. The van der Waals surface area contributed by atoms with Gasteiger partial charge in [0, 0.05) is 19.3 Å². The van der Waals surface area contributed by atoms with Crippen molar-refractivity contribution in [3.05, 3.63) is 48.6 Å². The molecule has 0 N–H and O–H groups in total. The molecule has 0 unspecified atom stereocenters. The van der Waals surface area contributed by atoms with Crippen LogP contribution in [0.2, 0.25) is 0 Å². The summed E-state index contributed by atoms with van der Waals surface area (Å²) in [5.74, 6) is -0.911. The van der Waals surface area contributed by atoms with Gasteiger partial charge in [-0.15, -0.1) is 0 Å². The van der Waals surface area contributed by atoms with Gasteiger partial charge in [-0.05, 0) is 83.5 Å². The van der Waals surface area contributed by atoms with Crippen LogP contribution in [-0.2, 0) is 28.6 Å². The first kappa shape index (κ1) is 64.4. The zero-order chi connectivity index (χ0) is 48.6. The third kappa shape index (κ3) is 54.2. The van der Waals surface area contributed by atoms with Crippen molar-refractivity contribution in [1.82, 2.24) is 0 Å². The number of carbonyl (C=O) groups excluding carboxylic acids is 3. The van der Waals surface area contributed by atoms with Gasteiger partial charge in [0.15, 0.2) is 6.10 Å². The maximum atomic E-state index is 12.8. The zero-order valence-corrected chi connectivity index (χ0v) is 44.7. The van der Waals surface area contributed by atoms with Crippen molar-refractivity contribution in [3.8, 4) is 0 Å². The molecular weight excluding hydrogens is 829 g/mol. The Balaban J connectivity index is 4.34. The summed E-state index contributed by atoms with van der Waals surface area (Å²) in [5, 5.41) is 0. The third-order valence-corrected chi connectivity index (χ3v) is 12.8. The molecule has 0 heterocycles. The summed E-state index contributed by atoms with van der Waals surface area (Å²) in [5.41, 5.74) is 0. The number of esters is 3. The van der Waals surface area contributed by atoms with Crippen LogP contribution in [0.1, 0.15) is 303 Å². The van der Waals surface area contributed by atoms with Crippen LogP contribution < -0.4 is 0 Å². The molecule has 0 saturated carbocycles. The maximum absolute atomic E-state index is 12.8. The number of unbranched alkanes of at least 4 members (excludes halogenated alkanes) is 34. The fourth-order valence-corrected chi connectivity index (χ4v) is 8.39. The minimum absolute atomic E-state index is 0.0854. The minimum Gasteiger partial charge on any atom is -0.462 e. The molecule has 390 valence electrons. The SMILES string of the molecule is CCCCC/C=C\C/C=C\C/C=C\CCCCC(=O)O[C@H](COC(=O)CCCCCCCCCCCCC/C=C\CCCCCCCC)COC(=O)CCCCCCCCCCCCCCC. The summed E-state index contributed by atoms with van der Waals surface area (Å²) in [6.45, 7) is 6.61. The highest BCUT2D eigenvalue weighted by atomic mass is 16.6. The first-order chi connectivity index (χ1) is 33.0. The Labute approximate surface area is 416 Å². The van der Waals surface area contributed by atoms with Crippen molar-refractivity contribution in [1.29, 1.82) is 0 Å². The Morgan fingerprint density at radius 3 is 0.910 bits per heavy atom. The fraction of sp³-hybridized carbons (Fsp3) is 0.820. The number of hydrogen-bond acceptors (Lipinski definition) is 6. The van der Waals surface area contributed by atoms with E-state index in [0.717, 1.165) is 64.2 Å². The van der Waals surface area contributed by atoms with E-state index in [4.69, 9.17) is 14.2 Å². The molecule has 0 aliphatic heterocycles. The lowest BCUT2D eigenvalue weighted by Gasteiger charge is -2.18. The molecule has 67 heavy (non-hydrogen) atoms. The van der Waals surface area contributed by atoms with E-state index >= 15 is 0 Å². The predicted octanol–water partition coefficient (Wildman–Crippen LogP) is 19.4. The van der Waals surface area contributed by atoms with Crippen LogP contribution >= 0.6 is 0 Å². The van der Waals surface area contributed by atoms with E-state index in [0.29, 0.717) is 19.3 Å². The highest BCUT2D eigenvalue weighted by molar-refractivity contribution is 5.71. The smallest absolute Gasteiger partial charge is 0.306 e. The fourth-order valence-electron chi connectivity index (χ4n) is 8.39. The van der Waals surface area contributed by atoms with Gasteiger partial charge < -0.3 is 14.2 Å². The number of carbonyl (C=O) groups is 3. The van der Waals surface area contributed by atoms with Gasteiger partial charge in [-0.1, -0.05) is 249 Å². The highest BCUT2D eigenvalue weighted by Gasteiger charge is 2.19. The van der Waals surface area contributed by atoms with Crippen LogP contribution in [0.15, 0.2) is 48.6 Å². The molecule has 0 spiro atoms. The Morgan fingerprint density at radius 1 is 0.299 bits per heavy atom. The predicted molar refractivity (Wildman–Crippen MR) is 289 cm³/mol. The van der Waals surface area contributed by atoms with Crippen LogP contribution in [0, 0.1) is 0 Å². The van der Waals surface area contributed by atoms with E-state index in [1.54, 1.807) is 0 Å². The maximum Gasteiger partial charge on any atom is 0.306 e. The van der Waals surface area contributed by atoms with Gasteiger partial charge in [0.1, 0.15) is 13.2 Å². The summed E-state index contributed by atoms with van der Waals surface area (Å²) in [7, 11) is 0. The van der Waals surface area contributed by atoms with Gasteiger partial charge in [0.05, 0.1) is 0 Å². The molecule has 6 nitrogen and oxygen atoms in total. The number of hydrogen-bond donors (Lipinski definition) is 0. The summed E-state index contributed by atoms with van der Waals surface area (Å²) in [6.07, 6.45) is 68.2. The van der Waals surface area contributed by atoms with E-state index < -0.39 is 6.10 Å². The van der Waals surface area contributed by atoms with Crippen LogP contribution in [0.4, 0.5) is 0 Å². The molecule has 0 aromatic carbocycles. The molecular formula is C61H110O6. The molecule has 0 aromatic heterocycles. The van der Waals surface area contributed by atoms with Crippen molar-refractivity contribution < 1.29 is 28.6 Å². The summed E-state index contributed by atoms with van der Waals surface area (Å²) < 4.78 is 16.8. The molecule has 0 aliphatic carbocycles. The second-order valence-electron chi connectivity index (χ2n) is 19.6. The monoisotopic (exact) mass is 939 g/mol. The molecule has 0 rings (SSSR count). The second kappa shape index (κ2) is 56.0. The van der Waals surface area contributed by atoms with Crippen molar-refractivity contribution in [2.24, 2.45) is 0 Å². The molecule has 6 heteroatoms. The number of allylic oxidation sites excluding steroid dienone is 8. The largest absolute Gasteiger partial charge is 0.462 e. The van der Waals surface area contributed by atoms with E-state index in [9.17, 15) is 14.4 Å². The lowest BCUT2D eigenvalue weighted by atomic mass is 10.0. The number of ether oxygens (including phenoxy) is 3. The Bertz CT molecular complexity index is 1170. The highest BCUT2D eigenvalue weighted by Crippen LogP contribution is 2.16. The van der Waals surface area contributed by atoms with Crippen LogP contribution in [0.25, 0.3) is 0 Å². The molecule has 0 aliphatic rings.